The first kappa shape index (κ1) is 14.6. The Balaban J connectivity index is 1.76. The van der Waals surface area contributed by atoms with E-state index in [1.54, 1.807) is 0 Å². The molecule has 0 heterocycles. The van der Waals surface area contributed by atoms with E-state index in [1.807, 2.05) is 30.3 Å². The second-order valence-corrected chi connectivity index (χ2v) is 5.76. The molecule has 0 atom stereocenters. The summed E-state index contributed by atoms with van der Waals surface area (Å²) >= 11 is 3.46. The molecule has 0 bridgehead atoms. The van der Waals surface area contributed by atoms with Crippen molar-refractivity contribution in [3.63, 3.8) is 0 Å². The van der Waals surface area contributed by atoms with Crippen LogP contribution in [0.2, 0.25) is 0 Å². The molecule has 0 aliphatic heterocycles. The molecule has 22 heavy (non-hydrogen) atoms. The Hall–Kier alpha value is -2.33. The third kappa shape index (κ3) is 3.28. The second-order valence-electron chi connectivity index (χ2n) is 4.90. The highest BCUT2D eigenvalue weighted by Gasteiger charge is 2.03. The summed E-state index contributed by atoms with van der Waals surface area (Å²) in [5, 5.41) is 14.0. The smallest absolute Gasteiger partial charge is 0.134 e. The maximum absolute atomic E-state index is 8.54. The number of nitrogens with zero attached hydrogens (tertiary/aromatic N) is 1. The van der Waals surface area contributed by atoms with Gasteiger partial charge in [0, 0.05) is 0 Å². The number of halogens is 1. The summed E-state index contributed by atoms with van der Waals surface area (Å²) < 4.78 is 6.68. The van der Waals surface area contributed by atoms with Gasteiger partial charge in [0.25, 0.3) is 0 Å². The van der Waals surface area contributed by atoms with Gasteiger partial charge in [-0.2, -0.15) is 0 Å². The standard InChI is InChI=1S/C18H14BrNO2/c19-17-10-13(11-20-21)6-8-18(17)22-12-14-5-7-15-3-1-2-4-16(15)9-14/h1-11,21H,12H2/b20-11-. The van der Waals surface area contributed by atoms with Crippen LogP contribution in [0.4, 0.5) is 0 Å². The van der Waals surface area contributed by atoms with Crippen molar-refractivity contribution in [2.24, 2.45) is 5.16 Å². The molecule has 0 saturated heterocycles. The molecule has 0 aliphatic carbocycles. The normalized spacial score (nSPS) is 11.1. The highest BCUT2D eigenvalue weighted by molar-refractivity contribution is 9.10. The van der Waals surface area contributed by atoms with Crippen LogP contribution in [0.5, 0.6) is 5.75 Å². The summed E-state index contributed by atoms with van der Waals surface area (Å²) in [7, 11) is 0. The fourth-order valence-corrected chi connectivity index (χ4v) is 2.78. The Morgan fingerprint density at radius 2 is 1.82 bits per heavy atom. The number of ether oxygens (including phenoxy) is 1. The maximum atomic E-state index is 8.54. The Labute approximate surface area is 137 Å². The van der Waals surface area contributed by atoms with E-state index in [4.69, 9.17) is 9.94 Å². The van der Waals surface area contributed by atoms with Crippen molar-refractivity contribution in [1.82, 2.24) is 0 Å². The Bertz CT molecular complexity index is 830. The maximum Gasteiger partial charge on any atom is 0.134 e. The molecule has 1 N–H and O–H groups in total. The second kappa shape index (κ2) is 6.62. The average molecular weight is 356 g/mol. The SMILES string of the molecule is O/N=C\c1ccc(OCc2ccc3ccccc3c2)c(Br)c1. The molecule has 3 rings (SSSR count). The van der Waals surface area contributed by atoms with Crippen molar-refractivity contribution >= 4 is 32.9 Å². The topological polar surface area (TPSA) is 41.8 Å². The molecular weight excluding hydrogens is 342 g/mol. The molecule has 0 fully saturated rings. The lowest BCUT2D eigenvalue weighted by Gasteiger charge is -2.09. The molecule has 0 amide bonds. The van der Waals surface area contributed by atoms with E-state index in [1.165, 1.54) is 17.0 Å². The van der Waals surface area contributed by atoms with Crippen LogP contribution in [0.25, 0.3) is 10.8 Å². The van der Waals surface area contributed by atoms with Crippen LogP contribution in [0.1, 0.15) is 11.1 Å². The number of oxime groups is 1. The zero-order valence-electron chi connectivity index (χ0n) is 11.7. The molecule has 3 aromatic rings. The third-order valence-corrected chi connectivity index (χ3v) is 3.99. The fourth-order valence-electron chi connectivity index (χ4n) is 2.27. The van der Waals surface area contributed by atoms with Gasteiger partial charge in [-0.25, -0.2) is 0 Å². The van der Waals surface area contributed by atoms with Crippen LogP contribution in [0.15, 0.2) is 70.3 Å². The van der Waals surface area contributed by atoms with Crippen molar-refractivity contribution in [2.45, 2.75) is 6.61 Å². The first-order valence-electron chi connectivity index (χ1n) is 6.84. The van der Waals surface area contributed by atoms with Gasteiger partial charge < -0.3 is 9.94 Å². The largest absolute Gasteiger partial charge is 0.488 e. The van der Waals surface area contributed by atoms with Gasteiger partial charge in [-0.05, 0) is 62.1 Å². The van der Waals surface area contributed by atoms with E-state index in [2.05, 4.69) is 51.4 Å². The van der Waals surface area contributed by atoms with Gasteiger partial charge in [0.1, 0.15) is 12.4 Å². The van der Waals surface area contributed by atoms with E-state index >= 15 is 0 Å². The predicted octanol–water partition coefficient (Wildman–Crippen LogP) is 4.99. The minimum atomic E-state index is 0.497. The highest BCUT2D eigenvalue weighted by Crippen LogP contribution is 2.26. The summed E-state index contributed by atoms with van der Waals surface area (Å²) in [6.45, 7) is 0.497. The lowest BCUT2D eigenvalue weighted by molar-refractivity contribution is 0.304. The van der Waals surface area contributed by atoms with Gasteiger partial charge in [-0.15, -0.1) is 0 Å². The highest BCUT2D eigenvalue weighted by atomic mass is 79.9. The van der Waals surface area contributed by atoms with Gasteiger partial charge in [0.15, 0.2) is 0 Å². The molecule has 0 spiro atoms. The molecule has 0 radical (unpaired) electrons. The molecule has 0 aromatic heterocycles. The van der Waals surface area contributed by atoms with Crippen molar-refractivity contribution in [3.05, 3.63) is 76.3 Å². The van der Waals surface area contributed by atoms with Crippen molar-refractivity contribution in [1.29, 1.82) is 0 Å². The number of hydrogen-bond acceptors (Lipinski definition) is 3. The number of rotatable bonds is 4. The Morgan fingerprint density at radius 1 is 1.00 bits per heavy atom. The van der Waals surface area contributed by atoms with Crippen LogP contribution >= 0.6 is 15.9 Å². The van der Waals surface area contributed by atoms with Gasteiger partial charge in [0.05, 0.1) is 10.7 Å². The van der Waals surface area contributed by atoms with E-state index in [0.29, 0.717) is 6.61 Å². The molecular formula is C18H14BrNO2. The lowest BCUT2D eigenvalue weighted by atomic mass is 10.1. The van der Waals surface area contributed by atoms with E-state index in [9.17, 15) is 0 Å². The summed E-state index contributed by atoms with van der Waals surface area (Å²) in [6, 6.07) is 20.1. The molecule has 4 heteroatoms. The number of fused-ring (bicyclic) bond motifs is 1. The van der Waals surface area contributed by atoms with E-state index < -0.39 is 0 Å². The van der Waals surface area contributed by atoms with Crippen LogP contribution in [-0.2, 0) is 6.61 Å². The van der Waals surface area contributed by atoms with Gasteiger partial charge >= 0.3 is 0 Å². The van der Waals surface area contributed by atoms with Crippen molar-refractivity contribution in [3.8, 4) is 5.75 Å². The third-order valence-electron chi connectivity index (χ3n) is 3.37. The fraction of sp³-hybridized carbons (Fsp3) is 0.0556. The molecule has 110 valence electrons. The average Bonchev–Trinajstić information content (AvgIpc) is 2.54. The number of hydrogen-bond donors (Lipinski definition) is 1. The summed E-state index contributed by atoms with van der Waals surface area (Å²) in [6.07, 6.45) is 1.37. The first-order valence-corrected chi connectivity index (χ1v) is 7.63. The van der Waals surface area contributed by atoms with Gasteiger partial charge in [-0.3, -0.25) is 0 Å². The predicted molar refractivity (Wildman–Crippen MR) is 91.8 cm³/mol. The zero-order chi connectivity index (χ0) is 15.4. The minimum Gasteiger partial charge on any atom is -0.488 e. The van der Waals surface area contributed by atoms with E-state index in [-0.39, 0.29) is 0 Å². The van der Waals surface area contributed by atoms with Crippen LogP contribution < -0.4 is 4.74 Å². The lowest BCUT2D eigenvalue weighted by Crippen LogP contribution is -1.96. The molecule has 3 aromatic carbocycles. The monoisotopic (exact) mass is 355 g/mol. The van der Waals surface area contributed by atoms with Crippen LogP contribution in [-0.4, -0.2) is 11.4 Å². The van der Waals surface area contributed by atoms with Crippen molar-refractivity contribution < 1.29 is 9.94 Å². The Morgan fingerprint density at radius 3 is 2.59 bits per heavy atom. The summed E-state index contributed by atoms with van der Waals surface area (Å²) in [5.74, 6) is 0.753. The summed E-state index contributed by atoms with van der Waals surface area (Å²) in [4.78, 5) is 0. The molecule has 0 aliphatic rings. The molecule has 0 saturated carbocycles. The van der Waals surface area contributed by atoms with Crippen LogP contribution in [0.3, 0.4) is 0 Å². The zero-order valence-corrected chi connectivity index (χ0v) is 13.3. The molecule has 0 unspecified atom stereocenters. The quantitative estimate of drug-likeness (QED) is 0.407. The Kier molecular flexibility index (Phi) is 4.39. The minimum absolute atomic E-state index is 0.497. The van der Waals surface area contributed by atoms with Gasteiger partial charge in [-0.1, -0.05) is 41.6 Å². The molecule has 3 nitrogen and oxygen atoms in total. The van der Waals surface area contributed by atoms with E-state index in [0.717, 1.165) is 21.3 Å². The van der Waals surface area contributed by atoms with Crippen LogP contribution in [0, 0.1) is 0 Å². The summed E-state index contributed by atoms with van der Waals surface area (Å²) in [5.41, 5.74) is 1.92. The first-order chi connectivity index (χ1) is 10.8. The van der Waals surface area contributed by atoms with Crippen molar-refractivity contribution in [2.75, 3.05) is 0 Å². The van der Waals surface area contributed by atoms with Gasteiger partial charge in [0.2, 0.25) is 0 Å². The number of benzene rings is 3.